The lowest BCUT2D eigenvalue weighted by atomic mass is 10.1. The maximum absolute atomic E-state index is 6.06. The van der Waals surface area contributed by atoms with Crippen molar-refractivity contribution in [1.29, 1.82) is 0 Å². The van der Waals surface area contributed by atoms with E-state index >= 15 is 0 Å². The summed E-state index contributed by atoms with van der Waals surface area (Å²) in [6.07, 6.45) is 6.91. The van der Waals surface area contributed by atoms with Gasteiger partial charge in [-0.25, -0.2) is 9.97 Å². The SMILES string of the molecule is CC(C)Oc1cc2c(cc1Nc1ncnc3n[nH]c(-c4ccncc4)c13)C=NC2. The first kappa shape index (κ1) is 17.3. The van der Waals surface area contributed by atoms with Gasteiger partial charge in [0.2, 0.25) is 0 Å². The zero-order valence-corrected chi connectivity index (χ0v) is 16.0. The molecule has 0 radical (unpaired) electrons. The summed E-state index contributed by atoms with van der Waals surface area (Å²) in [5.74, 6) is 1.42. The fourth-order valence-electron chi connectivity index (χ4n) is 3.39. The minimum absolute atomic E-state index is 0.0441. The van der Waals surface area contributed by atoms with Crippen molar-refractivity contribution < 1.29 is 4.74 Å². The number of hydrogen-bond donors (Lipinski definition) is 2. The summed E-state index contributed by atoms with van der Waals surface area (Å²) in [5, 5.41) is 11.7. The van der Waals surface area contributed by atoms with Crippen molar-refractivity contribution in [1.82, 2.24) is 25.1 Å². The molecule has 0 spiro atoms. The third-order valence-corrected chi connectivity index (χ3v) is 4.67. The second-order valence-electron chi connectivity index (χ2n) is 7.06. The van der Waals surface area contributed by atoms with Gasteiger partial charge < -0.3 is 10.1 Å². The van der Waals surface area contributed by atoms with Gasteiger partial charge in [-0.3, -0.25) is 15.1 Å². The van der Waals surface area contributed by atoms with Crippen molar-refractivity contribution >= 4 is 28.8 Å². The lowest BCUT2D eigenvalue weighted by Gasteiger charge is -2.17. The fourth-order valence-corrected chi connectivity index (χ4v) is 3.39. The molecule has 1 aliphatic heterocycles. The van der Waals surface area contributed by atoms with Crippen LogP contribution in [0.15, 0.2) is 48.0 Å². The number of pyridine rings is 1. The lowest BCUT2D eigenvalue weighted by molar-refractivity contribution is 0.243. The van der Waals surface area contributed by atoms with Crippen LogP contribution in [0, 0.1) is 0 Å². The molecule has 0 bridgehead atoms. The Balaban J connectivity index is 1.63. The van der Waals surface area contributed by atoms with Gasteiger partial charge in [-0.2, -0.15) is 5.10 Å². The summed E-state index contributed by atoms with van der Waals surface area (Å²) in [7, 11) is 0. The first-order chi connectivity index (χ1) is 14.2. The normalized spacial score (nSPS) is 12.5. The third-order valence-electron chi connectivity index (χ3n) is 4.67. The van der Waals surface area contributed by atoms with Gasteiger partial charge in [-0.1, -0.05) is 0 Å². The van der Waals surface area contributed by atoms with Crippen molar-refractivity contribution in [2.24, 2.45) is 4.99 Å². The molecular formula is C21H19N7O. The first-order valence-electron chi connectivity index (χ1n) is 9.39. The van der Waals surface area contributed by atoms with Crippen LogP contribution in [-0.4, -0.2) is 37.5 Å². The van der Waals surface area contributed by atoms with Crippen molar-refractivity contribution in [3.05, 3.63) is 54.1 Å². The zero-order chi connectivity index (χ0) is 19.8. The highest BCUT2D eigenvalue weighted by atomic mass is 16.5. The van der Waals surface area contributed by atoms with E-state index in [1.807, 2.05) is 44.3 Å². The van der Waals surface area contributed by atoms with E-state index in [-0.39, 0.29) is 6.10 Å². The number of nitrogens with one attached hydrogen (secondary N) is 2. The van der Waals surface area contributed by atoms with E-state index in [9.17, 15) is 0 Å². The minimum Gasteiger partial charge on any atom is -0.489 e. The molecule has 5 rings (SSSR count). The van der Waals surface area contributed by atoms with Crippen molar-refractivity contribution in [3.63, 3.8) is 0 Å². The number of ether oxygens (including phenoxy) is 1. The van der Waals surface area contributed by atoms with Crippen LogP contribution >= 0.6 is 0 Å². The maximum atomic E-state index is 6.06. The number of H-pyrrole nitrogens is 1. The molecule has 8 nitrogen and oxygen atoms in total. The summed E-state index contributed by atoms with van der Waals surface area (Å²) >= 11 is 0. The molecule has 4 aromatic rings. The fraction of sp³-hybridized carbons (Fsp3) is 0.190. The van der Waals surface area contributed by atoms with Gasteiger partial charge in [0.25, 0.3) is 0 Å². The Kier molecular flexibility index (Phi) is 4.16. The van der Waals surface area contributed by atoms with Crippen LogP contribution in [0.2, 0.25) is 0 Å². The van der Waals surface area contributed by atoms with Crippen LogP contribution in [0.5, 0.6) is 5.75 Å². The molecule has 144 valence electrons. The van der Waals surface area contributed by atoms with Gasteiger partial charge in [-0.15, -0.1) is 0 Å². The highest BCUT2D eigenvalue weighted by Gasteiger charge is 2.18. The predicted octanol–water partition coefficient (Wildman–Crippen LogP) is 3.88. The van der Waals surface area contributed by atoms with Gasteiger partial charge in [0.05, 0.1) is 29.4 Å². The second kappa shape index (κ2) is 6.97. The lowest BCUT2D eigenvalue weighted by Crippen LogP contribution is -2.09. The summed E-state index contributed by atoms with van der Waals surface area (Å²) in [6, 6.07) is 7.93. The third kappa shape index (κ3) is 3.18. The number of anilines is 2. The number of aliphatic imine (C=N–C) groups is 1. The second-order valence-corrected chi connectivity index (χ2v) is 7.06. The number of aromatic nitrogens is 5. The molecule has 0 aliphatic carbocycles. The largest absolute Gasteiger partial charge is 0.489 e. The van der Waals surface area contributed by atoms with E-state index in [1.165, 1.54) is 6.33 Å². The van der Waals surface area contributed by atoms with Crippen LogP contribution in [0.1, 0.15) is 25.0 Å². The number of nitrogens with zero attached hydrogens (tertiary/aromatic N) is 5. The van der Waals surface area contributed by atoms with E-state index < -0.39 is 0 Å². The summed E-state index contributed by atoms with van der Waals surface area (Å²) in [5.41, 5.74) is 5.44. The molecule has 8 heteroatoms. The van der Waals surface area contributed by atoms with Crippen LogP contribution in [0.25, 0.3) is 22.3 Å². The summed E-state index contributed by atoms with van der Waals surface area (Å²) in [4.78, 5) is 17.2. The van der Waals surface area contributed by atoms with Crippen LogP contribution in [0.3, 0.4) is 0 Å². The van der Waals surface area contributed by atoms with E-state index in [1.54, 1.807) is 12.4 Å². The average molecular weight is 385 g/mol. The average Bonchev–Trinajstić information content (AvgIpc) is 3.35. The number of rotatable bonds is 5. The molecule has 0 saturated heterocycles. The van der Waals surface area contributed by atoms with Crippen molar-refractivity contribution in [2.75, 3.05) is 5.32 Å². The molecule has 0 unspecified atom stereocenters. The molecule has 1 aromatic carbocycles. The molecule has 0 fully saturated rings. The van der Waals surface area contributed by atoms with Crippen LogP contribution in [0.4, 0.5) is 11.5 Å². The minimum atomic E-state index is 0.0441. The topological polar surface area (TPSA) is 101 Å². The molecule has 29 heavy (non-hydrogen) atoms. The first-order valence-corrected chi connectivity index (χ1v) is 9.39. The molecule has 4 heterocycles. The van der Waals surface area contributed by atoms with Crippen LogP contribution in [-0.2, 0) is 6.54 Å². The van der Waals surface area contributed by atoms with E-state index in [0.717, 1.165) is 39.2 Å². The van der Waals surface area contributed by atoms with Gasteiger partial charge in [-0.05, 0) is 49.2 Å². The van der Waals surface area contributed by atoms with E-state index in [4.69, 9.17) is 4.74 Å². The Morgan fingerprint density at radius 3 is 2.83 bits per heavy atom. The Bertz CT molecular complexity index is 1210. The van der Waals surface area contributed by atoms with E-state index in [2.05, 4.69) is 35.5 Å². The molecule has 3 aromatic heterocycles. The number of hydrogen-bond acceptors (Lipinski definition) is 7. The molecule has 0 atom stereocenters. The molecule has 1 aliphatic rings. The highest BCUT2D eigenvalue weighted by Crippen LogP contribution is 2.36. The number of benzene rings is 1. The molecule has 2 N–H and O–H groups in total. The highest BCUT2D eigenvalue weighted by molar-refractivity contribution is 6.00. The molecular weight excluding hydrogens is 366 g/mol. The summed E-state index contributed by atoms with van der Waals surface area (Å²) in [6.45, 7) is 4.69. The van der Waals surface area contributed by atoms with Gasteiger partial charge in [0, 0.05) is 24.2 Å². The predicted molar refractivity (Wildman–Crippen MR) is 112 cm³/mol. The molecule has 0 amide bonds. The smallest absolute Gasteiger partial charge is 0.186 e. The van der Waals surface area contributed by atoms with E-state index in [0.29, 0.717) is 18.0 Å². The number of aromatic amines is 1. The maximum Gasteiger partial charge on any atom is 0.186 e. The van der Waals surface area contributed by atoms with Crippen molar-refractivity contribution in [2.45, 2.75) is 26.5 Å². The Hall–Kier alpha value is -3.81. The summed E-state index contributed by atoms with van der Waals surface area (Å²) < 4.78 is 6.06. The van der Waals surface area contributed by atoms with Crippen molar-refractivity contribution in [3.8, 4) is 17.0 Å². The zero-order valence-electron chi connectivity index (χ0n) is 16.0. The Labute approximate surface area is 167 Å². The van der Waals surface area contributed by atoms with Crippen LogP contribution < -0.4 is 10.1 Å². The Morgan fingerprint density at radius 1 is 1.14 bits per heavy atom. The standard InChI is InChI=1S/C21H19N7O/c1-12(2)29-17-8-15-10-23-9-14(15)7-16(17)26-20-18-19(13-3-5-22-6-4-13)27-28-21(18)25-11-24-20/h3-9,11-12H,10H2,1-2H3,(H2,24,25,26,27,28). The quantitative estimate of drug-likeness (QED) is 0.541. The van der Waals surface area contributed by atoms with Gasteiger partial charge in [0.15, 0.2) is 5.65 Å². The van der Waals surface area contributed by atoms with Gasteiger partial charge >= 0.3 is 0 Å². The monoisotopic (exact) mass is 385 g/mol. The number of fused-ring (bicyclic) bond motifs is 2. The Morgan fingerprint density at radius 2 is 2.00 bits per heavy atom. The van der Waals surface area contributed by atoms with Gasteiger partial charge in [0.1, 0.15) is 17.9 Å². The molecule has 0 saturated carbocycles.